The Balaban J connectivity index is 1.58. The van der Waals surface area contributed by atoms with E-state index in [0.29, 0.717) is 40.2 Å². The van der Waals surface area contributed by atoms with Crippen LogP contribution in [-0.2, 0) is 6.54 Å². The van der Waals surface area contributed by atoms with Crippen molar-refractivity contribution in [3.8, 4) is 23.2 Å². The second-order valence-corrected chi connectivity index (χ2v) is 8.97. The Labute approximate surface area is 197 Å². The molecule has 1 aromatic heterocycles. The van der Waals surface area contributed by atoms with E-state index in [1.54, 1.807) is 12.1 Å². The molecule has 0 radical (unpaired) electrons. The van der Waals surface area contributed by atoms with Gasteiger partial charge in [-0.15, -0.1) is 0 Å². The first-order valence-corrected chi connectivity index (χ1v) is 11.6. The zero-order chi connectivity index (χ0) is 22.8. The summed E-state index contributed by atoms with van der Waals surface area (Å²) in [6.45, 7) is 0.926. The Morgan fingerprint density at radius 2 is 1.91 bits per heavy atom. The molecular formula is C27H23ClFN3O. The van der Waals surface area contributed by atoms with Crippen molar-refractivity contribution >= 4 is 22.6 Å². The van der Waals surface area contributed by atoms with Gasteiger partial charge in [-0.25, -0.2) is 9.37 Å². The van der Waals surface area contributed by atoms with E-state index in [-0.39, 0.29) is 6.54 Å². The lowest BCUT2D eigenvalue weighted by atomic mass is 10.1. The lowest BCUT2D eigenvalue weighted by Crippen LogP contribution is -2.10. The number of halogens is 2. The van der Waals surface area contributed by atoms with Crippen LogP contribution in [0, 0.1) is 23.1 Å². The molecule has 0 amide bonds. The largest absolute Gasteiger partial charge is 0.492 e. The summed E-state index contributed by atoms with van der Waals surface area (Å²) >= 11 is 6.31. The number of hydrogen-bond acceptors (Lipinski definition) is 3. The summed E-state index contributed by atoms with van der Waals surface area (Å²) in [7, 11) is 0. The van der Waals surface area contributed by atoms with Crippen LogP contribution in [0.25, 0.3) is 22.4 Å². The molecular weight excluding hydrogens is 437 g/mol. The summed E-state index contributed by atoms with van der Waals surface area (Å²) in [6, 6.07) is 19.9. The van der Waals surface area contributed by atoms with Crippen molar-refractivity contribution in [2.24, 2.45) is 5.92 Å². The molecule has 166 valence electrons. The predicted octanol–water partition coefficient (Wildman–Crippen LogP) is 6.98. The van der Waals surface area contributed by atoms with Gasteiger partial charge in [-0.05, 0) is 61.2 Å². The Morgan fingerprint density at radius 3 is 2.70 bits per heavy atom. The maximum Gasteiger partial charge on any atom is 0.145 e. The van der Waals surface area contributed by atoms with E-state index < -0.39 is 5.82 Å². The van der Waals surface area contributed by atoms with Crippen LogP contribution in [0.4, 0.5) is 4.39 Å². The molecule has 1 saturated carbocycles. The number of rotatable bonds is 6. The smallest absolute Gasteiger partial charge is 0.145 e. The van der Waals surface area contributed by atoms with Crippen molar-refractivity contribution in [3.05, 3.63) is 82.6 Å². The van der Waals surface area contributed by atoms with E-state index in [9.17, 15) is 4.39 Å². The number of aromatic nitrogens is 2. The number of ether oxygens (including phenoxy) is 1. The number of imidazole rings is 1. The fourth-order valence-electron chi connectivity index (χ4n) is 4.54. The minimum Gasteiger partial charge on any atom is -0.492 e. The molecule has 1 fully saturated rings. The van der Waals surface area contributed by atoms with Gasteiger partial charge in [0.15, 0.2) is 0 Å². The number of nitriles is 1. The van der Waals surface area contributed by atoms with Crippen LogP contribution in [0.5, 0.6) is 5.75 Å². The molecule has 1 aliphatic carbocycles. The third-order valence-electron chi connectivity index (χ3n) is 6.30. The highest BCUT2D eigenvalue weighted by Crippen LogP contribution is 2.36. The normalized spacial score (nSPS) is 14.0. The van der Waals surface area contributed by atoms with Gasteiger partial charge >= 0.3 is 0 Å². The molecule has 5 rings (SSSR count). The van der Waals surface area contributed by atoms with Gasteiger partial charge in [0.25, 0.3) is 0 Å². The lowest BCUT2D eigenvalue weighted by molar-refractivity contribution is 0.253. The molecule has 4 aromatic rings. The molecule has 0 atom stereocenters. The first kappa shape index (κ1) is 21.5. The summed E-state index contributed by atoms with van der Waals surface area (Å²) < 4.78 is 23.0. The van der Waals surface area contributed by atoms with Gasteiger partial charge in [-0.3, -0.25) is 0 Å². The summed E-state index contributed by atoms with van der Waals surface area (Å²) in [5, 5.41) is 9.67. The lowest BCUT2D eigenvalue weighted by Gasteiger charge is -2.16. The van der Waals surface area contributed by atoms with Crippen LogP contribution in [0.3, 0.4) is 0 Å². The molecule has 1 heterocycles. The van der Waals surface area contributed by atoms with E-state index in [4.69, 9.17) is 26.6 Å². The van der Waals surface area contributed by atoms with Gasteiger partial charge < -0.3 is 9.30 Å². The second-order valence-electron chi connectivity index (χ2n) is 8.53. The van der Waals surface area contributed by atoms with Crippen molar-refractivity contribution in [2.75, 3.05) is 6.61 Å². The molecule has 0 spiro atoms. The summed E-state index contributed by atoms with van der Waals surface area (Å²) in [5.41, 5.74) is 3.32. The van der Waals surface area contributed by atoms with Crippen LogP contribution >= 0.6 is 11.6 Å². The maximum atomic E-state index is 14.8. The SMILES string of the molecule is N#Cc1ccc(Cn2c(-c3ccc(Cl)cc3OCC3CCCC3)nc3ccccc32)c(F)c1. The van der Waals surface area contributed by atoms with Crippen LogP contribution in [0.2, 0.25) is 5.02 Å². The van der Waals surface area contributed by atoms with Gasteiger partial charge in [-0.2, -0.15) is 5.26 Å². The van der Waals surface area contributed by atoms with E-state index >= 15 is 0 Å². The molecule has 0 saturated heterocycles. The van der Waals surface area contributed by atoms with Crippen LogP contribution in [0.15, 0.2) is 60.7 Å². The van der Waals surface area contributed by atoms with Crippen molar-refractivity contribution < 1.29 is 9.13 Å². The van der Waals surface area contributed by atoms with Crippen molar-refractivity contribution in [1.82, 2.24) is 9.55 Å². The summed E-state index contributed by atoms with van der Waals surface area (Å²) in [4.78, 5) is 4.88. The number of hydrogen-bond donors (Lipinski definition) is 0. The van der Waals surface area contributed by atoms with E-state index in [1.807, 2.05) is 53.1 Å². The average Bonchev–Trinajstić information content (AvgIpc) is 3.47. The first-order valence-electron chi connectivity index (χ1n) is 11.2. The molecule has 3 aromatic carbocycles. The quantitative estimate of drug-likeness (QED) is 0.312. The fraction of sp³-hybridized carbons (Fsp3) is 0.259. The predicted molar refractivity (Wildman–Crippen MR) is 128 cm³/mol. The van der Waals surface area contributed by atoms with Crippen LogP contribution < -0.4 is 4.74 Å². The topological polar surface area (TPSA) is 50.8 Å². The monoisotopic (exact) mass is 459 g/mol. The Bertz CT molecular complexity index is 1350. The van der Waals surface area contributed by atoms with E-state index in [1.165, 1.54) is 31.7 Å². The number of benzene rings is 3. The third kappa shape index (κ3) is 4.44. The van der Waals surface area contributed by atoms with Gasteiger partial charge in [0.2, 0.25) is 0 Å². The standard InChI is InChI=1S/C27H23ClFN3O/c28-21-11-12-22(26(14-21)33-17-18-5-1-2-6-18)27-31-24-7-3-4-8-25(24)32(27)16-20-10-9-19(15-30)13-23(20)29/h3-4,7-14,18H,1-2,5-6,16-17H2. The summed E-state index contributed by atoms with van der Waals surface area (Å²) in [5.74, 6) is 1.53. The Morgan fingerprint density at radius 1 is 1.09 bits per heavy atom. The zero-order valence-electron chi connectivity index (χ0n) is 18.1. The molecule has 0 N–H and O–H groups in total. The molecule has 4 nitrogen and oxygen atoms in total. The zero-order valence-corrected chi connectivity index (χ0v) is 18.9. The van der Waals surface area contributed by atoms with Crippen molar-refractivity contribution in [1.29, 1.82) is 5.26 Å². The van der Waals surface area contributed by atoms with Crippen molar-refractivity contribution in [3.63, 3.8) is 0 Å². The Kier molecular flexibility index (Phi) is 6.02. The highest BCUT2D eigenvalue weighted by atomic mass is 35.5. The van der Waals surface area contributed by atoms with Crippen LogP contribution in [0.1, 0.15) is 36.8 Å². The highest BCUT2D eigenvalue weighted by molar-refractivity contribution is 6.30. The first-order chi connectivity index (χ1) is 16.1. The second kappa shape index (κ2) is 9.25. The number of nitrogens with zero attached hydrogens (tertiary/aromatic N) is 3. The average molecular weight is 460 g/mol. The van der Waals surface area contributed by atoms with E-state index in [2.05, 4.69) is 0 Å². The van der Waals surface area contributed by atoms with Gasteiger partial charge in [0.1, 0.15) is 17.4 Å². The third-order valence-corrected chi connectivity index (χ3v) is 6.53. The molecule has 0 unspecified atom stereocenters. The van der Waals surface area contributed by atoms with Gasteiger partial charge in [0.05, 0.1) is 41.4 Å². The highest BCUT2D eigenvalue weighted by Gasteiger charge is 2.20. The van der Waals surface area contributed by atoms with Crippen molar-refractivity contribution in [2.45, 2.75) is 32.2 Å². The summed E-state index contributed by atoms with van der Waals surface area (Å²) in [6.07, 6.45) is 4.88. The van der Waals surface area contributed by atoms with E-state index in [0.717, 1.165) is 16.6 Å². The maximum absolute atomic E-state index is 14.8. The van der Waals surface area contributed by atoms with Crippen LogP contribution in [-0.4, -0.2) is 16.2 Å². The Hall–Kier alpha value is -3.36. The molecule has 1 aliphatic rings. The molecule has 0 bridgehead atoms. The van der Waals surface area contributed by atoms with Gasteiger partial charge in [-0.1, -0.05) is 42.6 Å². The number of fused-ring (bicyclic) bond motifs is 1. The number of para-hydroxylation sites is 2. The minimum absolute atomic E-state index is 0.276. The van der Waals surface area contributed by atoms with Gasteiger partial charge in [0, 0.05) is 10.6 Å². The molecule has 6 heteroatoms. The molecule has 33 heavy (non-hydrogen) atoms. The fourth-order valence-corrected chi connectivity index (χ4v) is 4.70. The minimum atomic E-state index is -0.411. The molecule has 0 aliphatic heterocycles.